The van der Waals surface area contributed by atoms with Crippen LogP contribution in [-0.2, 0) is 9.59 Å². The molecule has 1 aromatic carbocycles. The van der Waals surface area contributed by atoms with E-state index in [2.05, 4.69) is 53.8 Å². The maximum Gasteiger partial charge on any atom is 0.223 e. The van der Waals surface area contributed by atoms with Crippen molar-refractivity contribution in [1.29, 1.82) is 5.26 Å². The molecular weight excluding hydrogens is 574 g/mol. The number of aromatic nitrogens is 2. The largest absolute Gasteiger partial charge is 0.382 e. The van der Waals surface area contributed by atoms with Crippen molar-refractivity contribution < 1.29 is 9.59 Å². The van der Waals surface area contributed by atoms with E-state index in [1.165, 1.54) is 5.71 Å². The number of nitriles is 1. The van der Waals surface area contributed by atoms with E-state index in [4.69, 9.17) is 10.2 Å². The zero-order chi connectivity index (χ0) is 31.9. The van der Waals surface area contributed by atoms with Gasteiger partial charge in [0.25, 0.3) is 0 Å². The summed E-state index contributed by atoms with van der Waals surface area (Å²) in [7, 11) is 0. The van der Waals surface area contributed by atoms with Gasteiger partial charge in [0.1, 0.15) is 11.9 Å². The second-order valence-electron chi connectivity index (χ2n) is 14.2. The lowest BCUT2D eigenvalue weighted by molar-refractivity contribution is -0.130. The third-order valence-electron chi connectivity index (χ3n) is 10.9. The molecule has 7 rings (SSSR count). The quantitative estimate of drug-likeness (QED) is 0.296. The number of amides is 1. The van der Waals surface area contributed by atoms with Crippen LogP contribution >= 0.6 is 0 Å². The van der Waals surface area contributed by atoms with Gasteiger partial charge in [-0.15, -0.1) is 0 Å². The van der Waals surface area contributed by atoms with Crippen molar-refractivity contribution in [1.82, 2.24) is 14.9 Å². The van der Waals surface area contributed by atoms with Gasteiger partial charge in [0.15, 0.2) is 0 Å². The SMILES string of the molecule is CC(=O)C1CCC(C(=O)NC2[C@@H]3CC[C@H]2CC(C2=NN=C(c4ccc(-c5ccc6cc(C#N)cnn56)cc4NC(C)C)C2)C3)CC1. The molecule has 0 radical (unpaired) electrons. The smallest absolute Gasteiger partial charge is 0.223 e. The van der Waals surface area contributed by atoms with E-state index in [0.717, 1.165) is 91.5 Å². The van der Waals surface area contributed by atoms with E-state index in [1.807, 2.05) is 22.7 Å². The molecule has 3 heterocycles. The highest BCUT2D eigenvalue weighted by Crippen LogP contribution is 2.46. The van der Waals surface area contributed by atoms with Crippen LogP contribution in [0.5, 0.6) is 0 Å². The Morgan fingerprint density at radius 1 is 0.957 bits per heavy atom. The summed E-state index contributed by atoms with van der Waals surface area (Å²) >= 11 is 0. The van der Waals surface area contributed by atoms with Gasteiger partial charge in [-0.3, -0.25) is 9.59 Å². The number of hydrogen-bond donors (Lipinski definition) is 2. The molecular formula is C37H43N7O2. The lowest BCUT2D eigenvalue weighted by Crippen LogP contribution is -2.48. The highest BCUT2D eigenvalue weighted by atomic mass is 16.2. The number of carbonyl (C=O) groups is 2. The summed E-state index contributed by atoms with van der Waals surface area (Å²) in [6.45, 7) is 5.95. The first kappa shape index (κ1) is 30.3. The number of carbonyl (C=O) groups excluding carboxylic acids is 2. The summed E-state index contributed by atoms with van der Waals surface area (Å²) in [4.78, 5) is 25.0. The number of benzene rings is 1. The van der Waals surface area contributed by atoms with Gasteiger partial charge in [-0.2, -0.15) is 20.6 Å². The van der Waals surface area contributed by atoms with E-state index in [9.17, 15) is 14.9 Å². The van der Waals surface area contributed by atoms with E-state index in [-0.39, 0.29) is 35.6 Å². The van der Waals surface area contributed by atoms with Crippen molar-refractivity contribution in [2.75, 3.05) is 5.32 Å². The Hall–Kier alpha value is -4.32. The molecule has 3 saturated carbocycles. The predicted octanol–water partition coefficient (Wildman–Crippen LogP) is 6.56. The number of rotatable bonds is 8. The topological polar surface area (TPSA) is 124 Å². The molecule has 1 aliphatic heterocycles. The van der Waals surface area contributed by atoms with Crippen LogP contribution in [0.15, 0.2) is 52.8 Å². The number of fused-ring (bicyclic) bond motifs is 3. The number of nitrogens with one attached hydrogen (secondary N) is 2. The van der Waals surface area contributed by atoms with Gasteiger partial charge in [-0.1, -0.05) is 12.1 Å². The Bertz CT molecular complexity index is 1760. The molecule has 3 aromatic rings. The Balaban J connectivity index is 1.01. The van der Waals surface area contributed by atoms with Gasteiger partial charge in [-0.05, 0) is 108 Å². The molecule has 238 valence electrons. The molecule has 3 aliphatic carbocycles. The first-order valence-corrected chi connectivity index (χ1v) is 17.0. The average molecular weight is 618 g/mol. The molecule has 4 aliphatic rings. The summed E-state index contributed by atoms with van der Waals surface area (Å²) in [6, 6.07) is 15.0. The van der Waals surface area contributed by atoms with Crippen molar-refractivity contribution in [2.45, 2.75) is 90.6 Å². The summed E-state index contributed by atoms with van der Waals surface area (Å²) in [5, 5.41) is 30.4. The summed E-state index contributed by atoms with van der Waals surface area (Å²) in [5.41, 5.74) is 7.68. The molecule has 46 heavy (non-hydrogen) atoms. The third kappa shape index (κ3) is 5.86. The third-order valence-corrected chi connectivity index (χ3v) is 10.9. The first-order valence-electron chi connectivity index (χ1n) is 17.0. The van der Waals surface area contributed by atoms with Crippen LogP contribution in [0.4, 0.5) is 5.69 Å². The maximum atomic E-state index is 13.2. The van der Waals surface area contributed by atoms with Crippen molar-refractivity contribution >= 4 is 34.3 Å². The van der Waals surface area contributed by atoms with Gasteiger partial charge < -0.3 is 10.6 Å². The molecule has 0 spiro atoms. The van der Waals surface area contributed by atoms with Crippen LogP contribution in [0, 0.1) is 40.9 Å². The van der Waals surface area contributed by atoms with Crippen LogP contribution in [0.1, 0.15) is 89.7 Å². The van der Waals surface area contributed by atoms with Gasteiger partial charge in [-0.25, -0.2) is 4.52 Å². The molecule has 2 N–H and O–H groups in total. The summed E-state index contributed by atoms with van der Waals surface area (Å²) in [5.74, 6) is 2.03. The molecule has 0 saturated heterocycles. The Morgan fingerprint density at radius 3 is 2.39 bits per heavy atom. The standard InChI is InChI=1S/C37H43N7O2/c1-21(2)40-33-17-26(35-13-11-30-14-23(19-38)20-39-44(30)35)10-12-31(33)34-18-32(42-43-34)29-15-27-8-9-28(16-29)36(27)41-37(46)25-6-4-24(5-7-25)22(3)45/h10-14,17,20-21,24-25,27-29,36,40H,4-9,15-16,18H2,1-3H3,(H,41,46)/t24?,25?,27-,28+,29?,36?. The van der Waals surface area contributed by atoms with Crippen LogP contribution < -0.4 is 10.6 Å². The number of ketones is 1. The second-order valence-corrected chi connectivity index (χ2v) is 14.2. The normalized spacial score (nSPS) is 27.3. The van der Waals surface area contributed by atoms with Gasteiger partial charge in [0, 0.05) is 58.8 Å². The fourth-order valence-corrected chi connectivity index (χ4v) is 8.49. The lowest BCUT2D eigenvalue weighted by Gasteiger charge is -2.37. The maximum absolute atomic E-state index is 13.2. The Morgan fingerprint density at radius 2 is 1.70 bits per heavy atom. The van der Waals surface area contributed by atoms with Gasteiger partial charge >= 0.3 is 0 Å². The Labute approximate surface area is 270 Å². The number of nitrogens with zero attached hydrogens (tertiary/aromatic N) is 5. The summed E-state index contributed by atoms with van der Waals surface area (Å²) in [6.07, 6.45) is 10.1. The zero-order valence-corrected chi connectivity index (χ0v) is 27.0. The van der Waals surface area contributed by atoms with E-state index >= 15 is 0 Å². The minimum absolute atomic E-state index is 0.0482. The van der Waals surface area contributed by atoms with E-state index in [0.29, 0.717) is 23.3 Å². The minimum atomic E-state index is 0.0482. The van der Waals surface area contributed by atoms with Crippen LogP contribution in [0.2, 0.25) is 0 Å². The zero-order valence-electron chi connectivity index (χ0n) is 27.0. The molecule has 2 unspecified atom stereocenters. The highest BCUT2D eigenvalue weighted by molar-refractivity contribution is 6.18. The number of anilines is 1. The van der Waals surface area contributed by atoms with Crippen molar-refractivity contribution in [3.8, 4) is 17.3 Å². The van der Waals surface area contributed by atoms with Crippen LogP contribution in [-0.4, -0.2) is 44.8 Å². The molecule has 9 heteroatoms. The van der Waals surface area contributed by atoms with Crippen molar-refractivity contribution in [2.24, 2.45) is 39.8 Å². The van der Waals surface area contributed by atoms with Gasteiger partial charge in [0.2, 0.25) is 5.91 Å². The number of hydrogen-bond acceptors (Lipinski definition) is 7. The fraction of sp³-hybridized carbons (Fsp3) is 0.514. The van der Waals surface area contributed by atoms with Crippen LogP contribution in [0.25, 0.3) is 16.8 Å². The monoisotopic (exact) mass is 617 g/mol. The highest BCUT2D eigenvalue weighted by Gasteiger charge is 2.45. The molecule has 2 aromatic heterocycles. The van der Waals surface area contributed by atoms with E-state index in [1.54, 1.807) is 13.1 Å². The molecule has 4 atom stereocenters. The predicted molar refractivity (Wildman–Crippen MR) is 180 cm³/mol. The lowest BCUT2D eigenvalue weighted by atomic mass is 9.74. The Kier molecular flexibility index (Phi) is 8.22. The van der Waals surface area contributed by atoms with Crippen LogP contribution in [0.3, 0.4) is 0 Å². The fourth-order valence-electron chi connectivity index (χ4n) is 8.49. The molecule has 1 amide bonds. The first-order chi connectivity index (χ1) is 22.3. The average Bonchev–Trinajstić information content (AvgIpc) is 3.76. The van der Waals surface area contributed by atoms with Crippen molar-refractivity contribution in [3.05, 3.63) is 53.7 Å². The number of Topliss-reactive ketones (excluding diaryl/α,β-unsaturated/α-hetero) is 1. The molecule has 9 nitrogen and oxygen atoms in total. The minimum Gasteiger partial charge on any atom is -0.382 e. The van der Waals surface area contributed by atoms with Crippen molar-refractivity contribution in [3.63, 3.8) is 0 Å². The molecule has 3 fully saturated rings. The van der Waals surface area contributed by atoms with Gasteiger partial charge in [0.05, 0.1) is 28.7 Å². The van der Waals surface area contributed by atoms with E-state index < -0.39 is 0 Å². The summed E-state index contributed by atoms with van der Waals surface area (Å²) < 4.78 is 1.87. The molecule has 2 bridgehead atoms. The second kappa shape index (κ2) is 12.5.